The van der Waals surface area contributed by atoms with Crippen LogP contribution >= 0.6 is 0 Å². The molecule has 86 valence electrons. The zero-order chi connectivity index (χ0) is 12.3. The van der Waals surface area contributed by atoms with E-state index >= 15 is 0 Å². The van der Waals surface area contributed by atoms with Crippen LogP contribution in [0, 0.1) is 0 Å². The van der Waals surface area contributed by atoms with Crippen molar-refractivity contribution in [1.29, 1.82) is 0 Å². The summed E-state index contributed by atoms with van der Waals surface area (Å²) in [5, 5.41) is 7.36. The van der Waals surface area contributed by atoms with Gasteiger partial charge in [-0.1, -0.05) is 6.92 Å². The number of hydrogen-bond donors (Lipinski definition) is 1. The molecule has 7 nitrogen and oxygen atoms in total. The van der Waals surface area contributed by atoms with Gasteiger partial charge in [-0.05, 0) is 0 Å². The lowest BCUT2D eigenvalue weighted by Crippen LogP contribution is -2.19. The first-order valence-corrected chi connectivity index (χ1v) is 5.86. The molecule has 0 aliphatic heterocycles. The van der Waals surface area contributed by atoms with E-state index in [0.717, 1.165) is 12.4 Å². The van der Waals surface area contributed by atoms with Gasteiger partial charge in [0.25, 0.3) is 5.12 Å². The molecule has 0 saturated carbocycles. The normalized spacial score (nSPS) is 11.1. The molecule has 16 heavy (non-hydrogen) atoms. The fourth-order valence-electron chi connectivity index (χ4n) is 0.834. The molecule has 0 aliphatic rings. The Hall–Kier alpha value is -1.83. The molecule has 0 aliphatic carbocycles. The van der Waals surface area contributed by atoms with Crippen molar-refractivity contribution in [2.24, 2.45) is 0 Å². The quantitative estimate of drug-likeness (QED) is 0.779. The van der Waals surface area contributed by atoms with Crippen molar-refractivity contribution >= 4 is 20.9 Å². The zero-order valence-electron chi connectivity index (χ0n) is 8.24. The minimum atomic E-state index is -3.87. The largest absolute Gasteiger partial charge is 0.476 e. The molecule has 8 heteroatoms. The van der Waals surface area contributed by atoms with E-state index in [1.54, 1.807) is 0 Å². The van der Waals surface area contributed by atoms with Gasteiger partial charge >= 0.3 is 5.97 Å². The number of carbonyl (C=O) groups excluding carboxylic acids is 1. The van der Waals surface area contributed by atoms with Gasteiger partial charge in [0.15, 0.2) is 5.69 Å². The van der Waals surface area contributed by atoms with Crippen LogP contribution in [0.15, 0.2) is 12.4 Å². The Balaban J connectivity index is 3.09. The molecule has 1 N–H and O–H groups in total. The molecule has 1 rings (SSSR count). The third kappa shape index (κ3) is 2.40. The van der Waals surface area contributed by atoms with Crippen LogP contribution < -0.4 is 0 Å². The zero-order valence-corrected chi connectivity index (χ0v) is 9.06. The number of carboxylic acids is 1. The van der Waals surface area contributed by atoms with E-state index in [0.29, 0.717) is 0 Å². The summed E-state index contributed by atoms with van der Waals surface area (Å²) in [6, 6.07) is 0. The second kappa shape index (κ2) is 4.35. The summed E-state index contributed by atoms with van der Waals surface area (Å²) in [6.45, 7) is 1.33. The van der Waals surface area contributed by atoms with E-state index in [1.807, 2.05) is 0 Å². The Kier molecular flexibility index (Phi) is 3.33. The Morgan fingerprint density at radius 3 is 2.12 bits per heavy atom. The predicted octanol–water partition coefficient (Wildman–Crippen LogP) is -0.250. The van der Waals surface area contributed by atoms with E-state index in [4.69, 9.17) is 5.11 Å². The number of nitrogens with zero attached hydrogens (tertiary/aromatic N) is 2. The minimum absolute atomic E-state index is 0.339. The number of hydrogen-bond acceptors (Lipinski definition) is 6. The van der Waals surface area contributed by atoms with Crippen LogP contribution in [-0.4, -0.2) is 40.3 Å². The second-order valence-electron chi connectivity index (χ2n) is 2.78. The van der Waals surface area contributed by atoms with Crippen molar-refractivity contribution in [2.45, 2.75) is 6.92 Å². The highest BCUT2D eigenvalue weighted by Crippen LogP contribution is 2.03. The van der Waals surface area contributed by atoms with E-state index in [9.17, 15) is 18.0 Å². The first-order chi connectivity index (χ1) is 7.38. The Morgan fingerprint density at radius 1 is 1.25 bits per heavy atom. The molecule has 0 aromatic carbocycles. The van der Waals surface area contributed by atoms with Crippen molar-refractivity contribution in [3.05, 3.63) is 23.8 Å². The van der Waals surface area contributed by atoms with E-state index in [1.165, 1.54) is 6.92 Å². The van der Waals surface area contributed by atoms with E-state index < -0.39 is 20.9 Å². The van der Waals surface area contributed by atoms with Crippen LogP contribution in [0.4, 0.5) is 0 Å². The number of aromatic nitrogens is 2. The van der Waals surface area contributed by atoms with Gasteiger partial charge in [0.2, 0.25) is 9.84 Å². The van der Waals surface area contributed by atoms with Gasteiger partial charge < -0.3 is 5.11 Å². The second-order valence-corrected chi connectivity index (χ2v) is 4.96. The smallest absolute Gasteiger partial charge is 0.356 e. The maximum absolute atomic E-state index is 11.3. The van der Waals surface area contributed by atoms with Crippen LogP contribution in [0.2, 0.25) is 0 Å². The van der Waals surface area contributed by atoms with Gasteiger partial charge in [-0.25, -0.2) is 23.2 Å². The highest BCUT2D eigenvalue weighted by Gasteiger charge is 2.23. The van der Waals surface area contributed by atoms with Gasteiger partial charge in [0.05, 0.1) is 18.1 Å². The molecular weight excluding hydrogens is 236 g/mol. The summed E-state index contributed by atoms with van der Waals surface area (Å²) < 4.78 is 22.4. The van der Waals surface area contributed by atoms with Gasteiger partial charge in [0, 0.05) is 0 Å². The first-order valence-electron chi connectivity index (χ1n) is 4.21. The summed E-state index contributed by atoms with van der Waals surface area (Å²) in [5.74, 6) is -1.64. The molecule has 0 bridgehead atoms. The lowest BCUT2D eigenvalue weighted by atomic mass is 10.4. The predicted molar refractivity (Wildman–Crippen MR) is 52.8 cm³/mol. The number of sulfone groups is 1. The molecule has 0 amide bonds. The van der Waals surface area contributed by atoms with E-state index in [2.05, 4.69) is 9.97 Å². The molecule has 0 saturated heterocycles. The summed E-state index contributed by atoms with van der Waals surface area (Å²) >= 11 is 0. The van der Waals surface area contributed by atoms with Gasteiger partial charge in [-0.2, -0.15) is 0 Å². The van der Waals surface area contributed by atoms with Crippen LogP contribution in [-0.2, 0) is 9.84 Å². The van der Waals surface area contributed by atoms with Gasteiger partial charge in [-0.3, -0.25) is 4.79 Å². The van der Waals surface area contributed by atoms with Crippen LogP contribution in [0.5, 0.6) is 0 Å². The maximum Gasteiger partial charge on any atom is 0.356 e. The molecule has 1 heterocycles. The highest BCUT2D eigenvalue weighted by molar-refractivity contribution is 8.06. The highest BCUT2D eigenvalue weighted by atomic mass is 32.2. The lowest BCUT2D eigenvalue weighted by Gasteiger charge is -1.99. The molecule has 1 aromatic rings. The fraction of sp³-hybridized carbons (Fsp3) is 0.250. The topological polar surface area (TPSA) is 114 Å². The van der Waals surface area contributed by atoms with Crippen LogP contribution in [0.1, 0.15) is 27.9 Å². The molecule has 0 radical (unpaired) electrons. The average Bonchev–Trinajstić information content (AvgIpc) is 2.28. The van der Waals surface area contributed by atoms with Crippen molar-refractivity contribution < 1.29 is 23.1 Å². The third-order valence-electron chi connectivity index (χ3n) is 1.74. The standard InChI is InChI=1S/C8H8N2O5S/c1-2-16(14,15)8(13)6-4-9-5(3-10-6)7(11)12/h3-4H,2H2,1H3,(H,11,12). The lowest BCUT2D eigenvalue weighted by molar-refractivity contribution is 0.0689. The summed E-state index contributed by atoms with van der Waals surface area (Å²) in [5.41, 5.74) is -0.739. The number of rotatable bonds is 3. The minimum Gasteiger partial charge on any atom is -0.476 e. The molecular formula is C8H8N2O5S. The molecule has 0 atom stereocenters. The Morgan fingerprint density at radius 2 is 1.75 bits per heavy atom. The molecule has 0 fully saturated rings. The van der Waals surface area contributed by atoms with Crippen LogP contribution in [0.25, 0.3) is 0 Å². The monoisotopic (exact) mass is 244 g/mol. The van der Waals surface area contributed by atoms with Gasteiger partial charge in [0.1, 0.15) is 5.69 Å². The third-order valence-corrected chi connectivity index (χ3v) is 3.28. The summed E-state index contributed by atoms with van der Waals surface area (Å²) in [6.07, 6.45) is 1.67. The molecule has 0 spiro atoms. The maximum atomic E-state index is 11.3. The molecule has 1 aromatic heterocycles. The SMILES string of the molecule is CCS(=O)(=O)C(=O)c1cnc(C(=O)O)cn1. The summed E-state index contributed by atoms with van der Waals surface area (Å²) in [4.78, 5) is 28.6. The summed E-state index contributed by atoms with van der Waals surface area (Å²) in [7, 11) is -3.87. The average molecular weight is 244 g/mol. The Labute approximate surface area is 91.1 Å². The van der Waals surface area contributed by atoms with Crippen LogP contribution in [0.3, 0.4) is 0 Å². The fourth-order valence-corrected chi connectivity index (χ4v) is 1.52. The van der Waals surface area contributed by atoms with Gasteiger partial charge in [-0.15, -0.1) is 0 Å². The van der Waals surface area contributed by atoms with Crippen molar-refractivity contribution in [3.63, 3.8) is 0 Å². The molecule has 0 unspecified atom stereocenters. The van der Waals surface area contributed by atoms with Crippen molar-refractivity contribution in [1.82, 2.24) is 9.97 Å². The number of carboxylic acid groups (broad SMARTS) is 1. The number of aromatic carboxylic acids is 1. The van der Waals surface area contributed by atoms with Crippen molar-refractivity contribution in [3.8, 4) is 0 Å². The van der Waals surface area contributed by atoms with Crippen molar-refractivity contribution in [2.75, 3.05) is 5.75 Å². The number of carbonyl (C=O) groups is 2. The first kappa shape index (κ1) is 12.2. The Bertz CT molecular complexity index is 520. The van der Waals surface area contributed by atoms with E-state index in [-0.39, 0.29) is 17.1 Å².